The van der Waals surface area contributed by atoms with Crippen LogP contribution in [-0.4, -0.2) is 22.3 Å². The Labute approximate surface area is 131 Å². The second kappa shape index (κ2) is 5.39. The van der Waals surface area contributed by atoms with E-state index in [4.69, 9.17) is 10.8 Å². The SMILES string of the molecule is Nc1c(F)c(F)c(OC(F)F)c2c1c(=O)c(C(=O)O)cn2C1CC1. The zero-order valence-electron chi connectivity index (χ0n) is 11.9. The third-order valence-electron chi connectivity index (χ3n) is 3.73. The number of hydrogen-bond acceptors (Lipinski definition) is 4. The lowest BCUT2D eigenvalue weighted by Crippen LogP contribution is -2.22. The number of nitrogens with zero attached hydrogens (tertiary/aromatic N) is 1. The minimum atomic E-state index is -3.48. The molecule has 6 nitrogen and oxygen atoms in total. The predicted molar refractivity (Wildman–Crippen MR) is 74.4 cm³/mol. The zero-order chi connectivity index (χ0) is 17.8. The molecule has 0 saturated heterocycles. The lowest BCUT2D eigenvalue weighted by atomic mass is 10.1. The highest BCUT2D eigenvalue weighted by Gasteiger charge is 2.32. The smallest absolute Gasteiger partial charge is 0.387 e. The number of nitrogens with two attached hydrogens (primary N) is 1. The number of benzene rings is 1. The molecule has 3 rings (SSSR count). The highest BCUT2D eigenvalue weighted by atomic mass is 19.3. The van der Waals surface area contributed by atoms with Crippen molar-refractivity contribution in [3.63, 3.8) is 0 Å². The normalized spacial score (nSPS) is 14.4. The van der Waals surface area contributed by atoms with E-state index in [0.29, 0.717) is 12.8 Å². The maximum Gasteiger partial charge on any atom is 0.387 e. The van der Waals surface area contributed by atoms with Crippen molar-refractivity contribution in [3.05, 3.63) is 33.6 Å². The fourth-order valence-electron chi connectivity index (χ4n) is 2.54. The van der Waals surface area contributed by atoms with Gasteiger partial charge in [-0.2, -0.15) is 13.2 Å². The molecule has 0 unspecified atom stereocenters. The van der Waals surface area contributed by atoms with Crippen molar-refractivity contribution in [3.8, 4) is 5.75 Å². The maximum atomic E-state index is 14.1. The number of aromatic nitrogens is 1. The van der Waals surface area contributed by atoms with Crippen LogP contribution in [0.15, 0.2) is 11.0 Å². The highest BCUT2D eigenvalue weighted by Crippen LogP contribution is 2.42. The number of aromatic carboxylic acids is 1. The number of carbonyl (C=O) groups is 1. The van der Waals surface area contributed by atoms with Gasteiger partial charge >= 0.3 is 12.6 Å². The molecule has 1 aliphatic rings. The van der Waals surface area contributed by atoms with Gasteiger partial charge in [-0.1, -0.05) is 0 Å². The Hall–Kier alpha value is -2.78. The Bertz CT molecular complexity index is 922. The molecule has 24 heavy (non-hydrogen) atoms. The molecule has 3 N–H and O–H groups in total. The summed E-state index contributed by atoms with van der Waals surface area (Å²) in [5.41, 5.74) is 2.05. The fraction of sp³-hybridized carbons (Fsp3) is 0.286. The number of halogens is 4. The van der Waals surface area contributed by atoms with E-state index in [0.717, 1.165) is 10.8 Å². The number of hydrogen-bond donors (Lipinski definition) is 2. The Morgan fingerprint density at radius 3 is 2.46 bits per heavy atom. The number of fused-ring (bicyclic) bond motifs is 1. The van der Waals surface area contributed by atoms with E-state index < -0.39 is 57.5 Å². The monoisotopic (exact) mass is 346 g/mol. The van der Waals surface area contributed by atoms with Gasteiger partial charge in [0.2, 0.25) is 11.2 Å². The van der Waals surface area contributed by atoms with Crippen molar-refractivity contribution in [2.75, 3.05) is 5.73 Å². The molecule has 0 aliphatic heterocycles. The number of carboxylic acids is 1. The van der Waals surface area contributed by atoms with Crippen LogP contribution in [0.4, 0.5) is 23.2 Å². The molecule has 0 radical (unpaired) electrons. The Morgan fingerprint density at radius 1 is 1.33 bits per heavy atom. The van der Waals surface area contributed by atoms with E-state index in [-0.39, 0.29) is 6.04 Å². The minimum absolute atomic E-state index is 0.351. The van der Waals surface area contributed by atoms with Gasteiger partial charge in [0, 0.05) is 12.2 Å². The van der Waals surface area contributed by atoms with E-state index in [1.165, 1.54) is 0 Å². The van der Waals surface area contributed by atoms with Crippen molar-refractivity contribution in [1.82, 2.24) is 4.57 Å². The number of rotatable bonds is 4. The van der Waals surface area contributed by atoms with Crippen molar-refractivity contribution < 1.29 is 32.2 Å². The van der Waals surface area contributed by atoms with E-state index >= 15 is 0 Å². The number of nitrogen functional groups attached to an aromatic ring is 1. The maximum absolute atomic E-state index is 14.1. The molecule has 1 fully saturated rings. The Kier molecular flexibility index (Phi) is 3.61. The lowest BCUT2D eigenvalue weighted by Gasteiger charge is -2.18. The molecule has 0 amide bonds. The molecule has 1 aliphatic carbocycles. The van der Waals surface area contributed by atoms with E-state index in [1.807, 2.05) is 0 Å². The molecule has 1 aromatic heterocycles. The van der Waals surface area contributed by atoms with Crippen LogP contribution in [0.5, 0.6) is 5.75 Å². The first kappa shape index (κ1) is 16.1. The van der Waals surface area contributed by atoms with Gasteiger partial charge in [-0.25, -0.2) is 9.18 Å². The number of ether oxygens (including phenoxy) is 1. The molecule has 1 saturated carbocycles. The summed E-state index contributed by atoms with van der Waals surface area (Å²) in [6, 6.07) is -0.351. The van der Waals surface area contributed by atoms with Gasteiger partial charge in [0.05, 0.1) is 11.1 Å². The molecular formula is C14H10F4N2O4. The van der Waals surface area contributed by atoms with Crippen molar-refractivity contribution in [2.24, 2.45) is 0 Å². The van der Waals surface area contributed by atoms with Crippen LogP contribution in [0.3, 0.4) is 0 Å². The molecule has 128 valence electrons. The first-order chi connectivity index (χ1) is 11.2. The molecule has 0 atom stereocenters. The van der Waals surface area contributed by atoms with Crippen molar-refractivity contribution >= 4 is 22.6 Å². The van der Waals surface area contributed by atoms with Gasteiger partial charge in [-0.15, -0.1) is 0 Å². The van der Waals surface area contributed by atoms with E-state index in [1.54, 1.807) is 0 Å². The largest absolute Gasteiger partial charge is 0.477 e. The number of pyridine rings is 1. The molecular weight excluding hydrogens is 336 g/mol. The van der Waals surface area contributed by atoms with Gasteiger partial charge in [-0.3, -0.25) is 4.79 Å². The second-order valence-corrected chi connectivity index (χ2v) is 5.29. The zero-order valence-corrected chi connectivity index (χ0v) is 11.9. The van der Waals surface area contributed by atoms with Crippen molar-refractivity contribution in [1.29, 1.82) is 0 Å². The van der Waals surface area contributed by atoms with Gasteiger partial charge in [0.1, 0.15) is 11.1 Å². The van der Waals surface area contributed by atoms with Crippen LogP contribution < -0.4 is 15.9 Å². The second-order valence-electron chi connectivity index (χ2n) is 5.29. The first-order valence-corrected chi connectivity index (χ1v) is 6.77. The summed E-state index contributed by atoms with van der Waals surface area (Å²) in [5, 5.41) is 8.41. The first-order valence-electron chi connectivity index (χ1n) is 6.77. The van der Waals surface area contributed by atoms with Crippen LogP contribution >= 0.6 is 0 Å². The van der Waals surface area contributed by atoms with E-state index in [2.05, 4.69) is 4.74 Å². The molecule has 0 spiro atoms. The third kappa shape index (κ3) is 2.34. The third-order valence-corrected chi connectivity index (χ3v) is 3.73. The van der Waals surface area contributed by atoms with Crippen LogP contribution in [0.1, 0.15) is 29.2 Å². The quantitative estimate of drug-likeness (QED) is 0.655. The molecule has 2 aromatic rings. The molecule has 10 heteroatoms. The topological polar surface area (TPSA) is 94.6 Å². The minimum Gasteiger partial charge on any atom is -0.477 e. The Balaban J connectivity index is 2.53. The highest BCUT2D eigenvalue weighted by molar-refractivity contribution is 6.00. The average Bonchev–Trinajstić information content (AvgIpc) is 3.33. The van der Waals surface area contributed by atoms with Crippen LogP contribution in [0.25, 0.3) is 10.9 Å². The van der Waals surface area contributed by atoms with Gasteiger partial charge < -0.3 is 20.1 Å². The summed E-state index contributed by atoms with van der Waals surface area (Å²) in [6.45, 7) is -3.48. The molecule has 1 heterocycles. The van der Waals surface area contributed by atoms with Crippen LogP contribution in [-0.2, 0) is 0 Å². The summed E-state index contributed by atoms with van der Waals surface area (Å²) < 4.78 is 58.3. The molecule has 1 aromatic carbocycles. The summed E-state index contributed by atoms with van der Waals surface area (Å²) in [4.78, 5) is 23.5. The van der Waals surface area contributed by atoms with E-state index in [9.17, 15) is 27.2 Å². The summed E-state index contributed by atoms with van der Waals surface area (Å²) >= 11 is 0. The number of alkyl halides is 2. The predicted octanol–water partition coefficient (Wildman–Crippen LogP) is 2.50. The van der Waals surface area contributed by atoms with Gasteiger partial charge in [-0.05, 0) is 12.8 Å². The summed E-state index contributed by atoms with van der Waals surface area (Å²) in [7, 11) is 0. The average molecular weight is 346 g/mol. The lowest BCUT2D eigenvalue weighted by molar-refractivity contribution is -0.0516. The number of carboxylic acid groups (broad SMARTS) is 1. The summed E-state index contributed by atoms with van der Waals surface area (Å²) in [5.74, 6) is -6.29. The van der Waals surface area contributed by atoms with Gasteiger partial charge in [0.15, 0.2) is 11.6 Å². The standard InChI is InChI=1S/C14H10F4N2O4/c15-7-8(16)12(24-14(17)18)10-6(9(7)19)11(21)5(13(22)23)3-20(10)4-1-2-4/h3-4,14H,1-2,19H2,(H,22,23). The molecule has 0 bridgehead atoms. The van der Waals surface area contributed by atoms with Crippen LogP contribution in [0, 0.1) is 11.6 Å². The Morgan fingerprint density at radius 2 is 1.96 bits per heavy atom. The summed E-state index contributed by atoms with van der Waals surface area (Å²) in [6.07, 6.45) is 1.99. The van der Waals surface area contributed by atoms with Gasteiger partial charge in [0.25, 0.3) is 0 Å². The van der Waals surface area contributed by atoms with Crippen molar-refractivity contribution in [2.45, 2.75) is 25.5 Å². The fourth-order valence-corrected chi connectivity index (χ4v) is 2.54. The number of anilines is 1. The van der Waals surface area contributed by atoms with Crippen LogP contribution in [0.2, 0.25) is 0 Å².